The van der Waals surface area contributed by atoms with Crippen molar-refractivity contribution < 1.29 is 0 Å². The average Bonchev–Trinajstić information content (AvgIpc) is 3.02. The molecule has 0 aromatic heterocycles. The van der Waals surface area contributed by atoms with Crippen LogP contribution in [0.2, 0.25) is 0 Å². The van der Waals surface area contributed by atoms with Gasteiger partial charge in [-0.05, 0) is 57.1 Å². The van der Waals surface area contributed by atoms with E-state index in [4.69, 9.17) is 0 Å². The van der Waals surface area contributed by atoms with E-state index < -0.39 is 0 Å². The molecule has 0 amide bonds. The van der Waals surface area contributed by atoms with Crippen LogP contribution in [0.15, 0.2) is 29.8 Å². The molecule has 80 valence electrons. The molecule has 0 unspecified atom stereocenters. The largest absolute Gasteiger partial charge is 0.0695 e. The van der Waals surface area contributed by atoms with Crippen LogP contribution in [0.3, 0.4) is 0 Å². The molecule has 1 saturated carbocycles. The fourth-order valence-corrected chi connectivity index (χ4v) is 1.96. The summed E-state index contributed by atoms with van der Waals surface area (Å²) >= 11 is 0. The van der Waals surface area contributed by atoms with E-state index in [0.717, 1.165) is 5.92 Å². The van der Waals surface area contributed by atoms with Gasteiger partial charge in [0.1, 0.15) is 0 Å². The summed E-state index contributed by atoms with van der Waals surface area (Å²) in [6, 6.07) is 8.87. The van der Waals surface area contributed by atoms with Gasteiger partial charge in [0.15, 0.2) is 0 Å². The number of benzene rings is 1. The molecule has 0 spiro atoms. The number of allylic oxidation sites excluding steroid dienone is 2. The maximum Gasteiger partial charge on any atom is -0.0228 e. The minimum absolute atomic E-state index is 0.991. The van der Waals surface area contributed by atoms with Gasteiger partial charge in [0.05, 0.1) is 0 Å². The summed E-state index contributed by atoms with van der Waals surface area (Å²) in [5, 5.41) is 0. The molecule has 1 aliphatic rings. The Balaban J connectivity index is 2.16. The molecule has 1 aromatic carbocycles. The minimum Gasteiger partial charge on any atom is -0.0695 e. The van der Waals surface area contributed by atoms with Gasteiger partial charge >= 0.3 is 0 Å². The number of hydrogen-bond acceptors (Lipinski definition) is 0. The SMILES string of the molecule is C/C(CC1CC1)=C(\C)c1ccc(C)cc1. The van der Waals surface area contributed by atoms with E-state index in [1.807, 2.05) is 0 Å². The van der Waals surface area contributed by atoms with Gasteiger partial charge in [-0.2, -0.15) is 0 Å². The lowest BCUT2D eigenvalue weighted by Gasteiger charge is -2.08. The van der Waals surface area contributed by atoms with Crippen molar-refractivity contribution in [3.05, 3.63) is 41.0 Å². The number of aryl methyl sites for hydroxylation is 1. The molecule has 0 heteroatoms. The van der Waals surface area contributed by atoms with Gasteiger partial charge in [0.2, 0.25) is 0 Å². The second-order valence-electron chi connectivity index (χ2n) is 4.92. The summed E-state index contributed by atoms with van der Waals surface area (Å²) in [7, 11) is 0. The van der Waals surface area contributed by atoms with Crippen molar-refractivity contribution in [2.75, 3.05) is 0 Å². The molecule has 2 rings (SSSR count). The van der Waals surface area contributed by atoms with E-state index in [0.29, 0.717) is 0 Å². The van der Waals surface area contributed by atoms with Gasteiger partial charge in [-0.25, -0.2) is 0 Å². The molecular formula is C15H20. The molecule has 1 fully saturated rings. The molecule has 0 aliphatic heterocycles. The molecule has 0 nitrogen and oxygen atoms in total. The zero-order chi connectivity index (χ0) is 10.8. The molecule has 0 N–H and O–H groups in total. The maximum absolute atomic E-state index is 2.29. The highest BCUT2D eigenvalue weighted by molar-refractivity contribution is 5.66. The van der Waals surface area contributed by atoms with Crippen LogP contribution in [-0.2, 0) is 0 Å². The van der Waals surface area contributed by atoms with Crippen LogP contribution >= 0.6 is 0 Å². The standard InChI is InChI=1S/C15H20/c1-11-4-8-15(9-5-11)13(3)12(2)10-14-6-7-14/h4-5,8-9,14H,6-7,10H2,1-3H3/b13-12-. The Hall–Kier alpha value is -1.04. The molecule has 15 heavy (non-hydrogen) atoms. The van der Waals surface area contributed by atoms with Gasteiger partial charge in [-0.1, -0.05) is 35.4 Å². The third kappa shape index (κ3) is 2.71. The van der Waals surface area contributed by atoms with E-state index in [-0.39, 0.29) is 0 Å². The van der Waals surface area contributed by atoms with Crippen LogP contribution in [-0.4, -0.2) is 0 Å². The molecule has 0 bridgehead atoms. The summed E-state index contributed by atoms with van der Waals surface area (Å²) in [6.45, 7) is 6.68. The first-order valence-corrected chi connectivity index (χ1v) is 5.90. The summed E-state index contributed by atoms with van der Waals surface area (Å²) in [5.41, 5.74) is 5.77. The van der Waals surface area contributed by atoms with Crippen LogP contribution < -0.4 is 0 Å². The van der Waals surface area contributed by atoms with E-state index in [1.165, 1.54) is 36.0 Å². The monoisotopic (exact) mass is 200 g/mol. The van der Waals surface area contributed by atoms with E-state index in [9.17, 15) is 0 Å². The number of rotatable bonds is 3. The first-order chi connectivity index (χ1) is 7.16. The molecule has 1 aromatic rings. The average molecular weight is 200 g/mol. The van der Waals surface area contributed by atoms with Crippen molar-refractivity contribution in [3.8, 4) is 0 Å². The first-order valence-electron chi connectivity index (χ1n) is 5.90. The Morgan fingerprint density at radius 1 is 1.13 bits per heavy atom. The highest BCUT2D eigenvalue weighted by Crippen LogP contribution is 2.36. The van der Waals surface area contributed by atoms with Crippen molar-refractivity contribution >= 4 is 5.57 Å². The Bertz CT molecular complexity index is 364. The molecule has 0 radical (unpaired) electrons. The van der Waals surface area contributed by atoms with Gasteiger partial charge < -0.3 is 0 Å². The van der Waals surface area contributed by atoms with Crippen LogP contribution in [0.1, 0.15) is 44.2 Å². The summed E-state index contributed by atoms with van der Waals surface area (Å²) < 4.78 is 0. The van der Waals surface area contributed by atoms with Crippen LogP contribution in [0.4, 0.5) is 0 Å². The van der Waals surface area contributed by atoms with Crippen molar-refractivity contribution in [1.29, 1.82) is 0 Å². The zero-order valence-corrected chi connectivity index (χ0v) is 10.0. The van der Waals surface area contributed by atoms with E-state index in [1.54, 1.807) is 5.57 Å². The summed E-state index contributed by atoms with van der Waals surface area (Å²) in [5.74, 6) is 0.991. The third-order valence-corrected chi connectivity index (χ3v) is 3.42. The predicted octanol–water partition coefficient (Wildman–Crippen LogP) is 4.59. The maximum atomic E-state index is 2.29. The smallest absolute Gasteiger partial charge is 0.0228 e. The van der Waals surface area contributed by atoms with Crippen molar-refractivity contribution in [3.63, 3.8) is 0 Å². The Morgan fingerprint density at radius 3 is 2.27 bits per heavy atom. The fraction of sp³-hybridized carbons (Fsp3) is 0.467. The quantitative estimate of drug-likeness (QED) is 0.669. The zero-order valence-electron chi connectivity index (χ0n) is 10.0. The van der Waals surface area contributed by atoms with E-state index in [2.05, 4.69) is 45.0 Å². The topological polar surface area (TPSA) is 0 Å². The Morgan fingerprint density at radius 2 is 1.73 bits per heavy atom. The van der Waals surface area contributed by atoms with Crippen molar-refractivity contribution in [2.45, 2.75) is 40.0 Å². The van der Waals surface area contributed by atoms with Gasteiger partial charge in [-0.15, -0.1) is 0 Å². The van der Waals surface area contributed by atoms with Gasteiger partial charge in [0.25, 0.3) is 0 Å². The Labute approximate surface area is 93.0 Å². The normalized spacial score (nSPS) is 17.5. The molecule has 0 saturated heterocycles. The lowest BCUT2D eigenvalue weighted by atomic mass is 9.98. The minimum atomic E-state index is 0.991. The first kappa shape index (κ1) is 10.5. The van der Waals surface area contributed by atoms with E-state index >= 15 is 0 Å². The molecular weight excluding hydrogens is 180 g/mol. The summed E-state index contributed by atoms with van der Waals surface area (Å²) in [4.78, 5) is 0. The highest BCUT2D eigenvalue weighted by Gasteiger charge is 2.21. The van der Waals surface area contributed by atoms with Gasteiger partial charge in [0, 0.05) is 0 Å². The summed E-state index contributed by atoms with van der Waals surface area (Å²) in [6.07, 6.45) is 4.19. The lowest BCUT2D eigenvalue weighted by molar-refractivity contribution is 0.821. The Kier molecular flexibility index (Phi) is 2.95. The molecule has 0 heterocycles. The van der Waals surface area contributed by atoms with Gasteiger partial charge in [-0.3, -0.25) is 0 Å². The third-order valence-electron chi connectivity index (χ3n) is 3.42. The van der Waals surface area contributed by atoms with Crippen LogP contribution in [0.5, 0.6) is 0 Å². The second-order valence-corrected chi connectivity index (χ2v) is 4.92. The predicted molar refractivity (Wildman–Crippen MR) is 66.8 cm³/mol. The lowest BCUT2D eigenvalue weighted by Crippen LogP contribution is -1.87. The van der Waals surface area contributed by atoms with Crippen LogP contribution in [0.25, 0.3) is 5.57 Å². The van der Waals surface area contributed by atoms with Crippen LogP contribution in [0, 0.1) is 12.8 Å². The molecule has 0 atom stereocenters. The second kappa shape index (κ2) is 4.22. The van der Waals surface area contributed by atoms with Crippen molar-refractivity contribution in [2.24, 2.45) is 5.92 Å². The highest BCUT2D eigenvalue weighted by atomic mass is 14.3. The fourth-order valence-electron chi connectivity index (χ4n) is 1.96. The van der Waals surface area contributed by atoms with Crippen molar-refractivity contribution in [1.82, 2.24) is 0 Å². The number of hydrogen-bond donors (Lipinski definition) is 0. The molecule has 1 aliphatic carbocycles.